The number of halogens is 3. The van der Waals surface area contributed by atoms with Gasteiger partial charge in [-0.2, -0.15) is 0 Å². The van der Waals surface area contributed by atoms with Gasteiger partial charge < -0.3 is 10.8 Å². The lowest BCUT2D eigenvalue weighted by Crippen LogP contribution is -2.23. The van der Waals surface area contributed by atoms with Crippen molar-refractivity contribution in [2.45, 2.75) is 19.1 Å². The molecule has 0 heterocycles. The highest BCUT2D eigenvalue weighted by Gasteiger charge is 2.17. The Labute approximate surface area is 79.2 Å². The fraction of sp³-hybridized carbons (Fsp3) is 0.333. The quantitative estimate of drug-likeness (QED) is 0.718. The Kier molecular flexibility index (Phi) is 3.13. The summed E-state index contributed by atoms with van der Waals surface area (Å²) in [5, 5.41) is 9.06. The topological polar surface area (TPSA) is 46.2 Å². The van der Waals surface area contributed by atoms with Crippen LogP contribution in [0.5, 0.6) is 0 Å². The molecule has 1 rings (SSSR count). The van der Waals surface area contributed by atoms with Gasteiger partial charge in [-0.25, -0.2) is 13.2 Å². The third kappa shape index (κ3) is 2.05. The normalized spacial score (nSPS) is 15.3. The lowest BCUT2D eigenvalue weighted by atomic mass is 10.0. The van der Waals surface area contributed by atoms with Crippen LogP contribution >= 0.6 is 0 Å². The molecular formula is C9H10F3NO. The summed E-state index contributed by atoms with van der Waals surface area (Å²) in [6.45, 7) is 1.38. The van der Waals surface area contributed by atoms with Gasteiger partial charge >= 0.3 is 0 Å². The molecule has 2 nitrogen and oxygen atoms in total. The Morgan fingerprint density at radius 3 is 2.00 bits per heavy atom. The molecule has 5 heteroatoms. The van der Waals surface area contributed by atoms with Crippen LogP contribution in [-0.2, 0) is 0 Å². The molecular weight excluding hydrogens is 195 g/mol. The van der Waals surface area contributed by atoms with Gasteiger partial charge in [-0.05, 0) is 24.6 Å². The summed E-state index contributed by atoms with van der Waals surface area (Å²) in [5.41, 5.74) is 5.44. The van der Waals surface area contributed by atoms with Crippen molar-refractivity contribution in [1.29, 1.82) is 0 Å². The van der Waals surface area contributed by atoms with Crippen molar-refractivity contribution in [3.8, 4) is 0 Å². The molecule has 0 spiro atoms. The summed E-state index contributed by atoms with van der Waals surface area (Å²) >= 11 is 0. The number of rotatable bonds is 2. The van der Waals surface area contributed by atoms with E-state index in [2.05, 4.69) is 0 Å². The predicted molar refractivity (Wildman–Crippen MR) is 44.9 cm³/mol. The van der Waals surface area contributed by atoms with Gasteiger partial charge in [0.05, 0.1) is 12.1 Å². The number of aliphatic hydroxyl groups excluding tert-OH is 1. The van der Waals surface area contributed by atoms with E-state index in [1.54, 1.807) is 0 Å². The van der Waals surface area contributed by atoms with Crippen LogP contribution in [0.4, 0.5) is 13.2 Å². The Morgan fingerprint density at radius 1 is 1.21 bits per heavy atom. The van der Waals surface area contributed by atoms with Crippen molar-refractivity contribution in [1.82, 2.24) is 0 Å². The SMILES string of the molecule is CC(O)[C@@H](N)c1cc(F)c(F)c(F)c1. The molecule has 0 aliphatic heterocycles. The highest BCUT2D eigenvalue weighted by Crippen LogP contribution is 2.19. The van der Waals surface area contributed by atoms with Crippen molar-refractivity contribution >= 4 is 0 Å². The lowest BCUT2D eigenvalue weighted by molar-refractivity contribution is 0.164. The first-order valence-corrected chi connectivity index (χ1v) is 4.01. The van der Waals surface area contributed by atoms with Crippen LogP contribution < -0.4 is 5.73 Å². The van der Waals surface area contributed by atoms with Crippen molar-refractivity contribution in [3.63, 3.8) is 0 Å². The minimum Gasteiger partial charge on any atom is -0.391 e. The lowest BCUT2D eigenvalue weighted by Gasteiger charge is -2.15. The minimum atomic E-state index is -1.54. The number of benzene rings is 1. The zero-order valence-corrected chi connectivity index (χ0v) is 7.47. The van der Waals surface area contributed by atoms with Gasteiger partial charge in [-0.3, -0.25) is 0 Å². The zero-order valence-electron chi connectivity index (χ0n) is 7.47. The van der Waals surface area contributed by atoms with Crippen LogP contribution in [0.1, 0.15) is 18.5 Å². The van der Waals surface area contributed by atoms with Gasteiger partial charge in [-0.15, -0.1) is 0 Å². The second-order valence-electron chi connectivity index (χ2n) is 3.06. The molecule has 3 N–H and O–H groups in total. The molecule has 1 unspecified atom stereocenters. The molecule has 1 aromatic rings. The van der Waals surface area contributed by atoms with E-state index in [9.17, 15) is 13.2 Å². The molecule has 0 radical (unpaired) electrons. The maximum Gasteiger partial charge on any atom is 0.194 e. The fourth-order valence-corrected chi connectivity index (χ4v) is 1.05. The first-order chi connectivity index (χ1) is 6.43. The summed E-state index contributed by atoms with van der Waals surface area (Å²) in [5.74, 6) is -4.15. The number of nitrogens with two attached hydrogens (primary N) is 1. The second-order valence-corrected chi connectivity index (χ2v) is 3.06. The van der Waals surface area contributed by atoms with Gasteiger partial charge in [0.25, 0.3) is 0 Å². The number of hydrogen-bond acceptors (Lipinski definition) is 2. The van der Waals surface area contributed by atoms with E-state index in [1.807, 2.05) is 0 Å². The van der Waals surface area contributed by atoms with E-state index in [0.717, 1.165) is 12.1 Å². The molecule has 2 atom stereocenters. The molecule has 0 aliphatic rings. The van der Waals surface area contributed by atoms with Crippen LogP contribution in [0.2, 0.25) is 0 Å². The molecule has 0 fully saturated rings. The zero-order chi connectivity index (χ0) is 10.9. The summed E-state index contributed by atoms with van der Waals surface area (Å²) in [6.07, 6.45) is -0.959. The number of aliphatic hydroxyl groups is 1. The molecule has 0 saturated heterocycles. The Balaban J connectivity index is 3.12. The first-order valence-electron chi connectivity index (χ1n) is 4.01. The van der Waals surface area contributed by atoms with Gasteiger partial charge in [0.2, 0.25) is 0 Å². The molecule has 14 heavy (non-hydrogen) atoms. The first kappa shape index (κ1) is 11.0. The monoisotopic (exact) mass is 205 g/mol. The Morgan fingerprint density at radius 2 is 1.64 bits per heavy atom. The fourth-order valence-electron chi connectivity index (χ4n) is 1.05. The van der Waals surface area contributed by atoms with Gasteiger partial charge in [0, 0.05) is 0 Å². The minimum absolute atomic E-state index is 0.0244. The van der Waals surface area contributed by atoms with Crippen molar-refractivity contribution in [2.24, 2.45) is 5.73 Å². The van der Waals surface area contributed by atoms with Crippen LogP contribution in [0.15, 0.2) is 12.1 Å². The highest BCUT2D eigenvalue weighted by atomic mass is 19.2. The van der Waals surface area contributed by atoms with E-state index in [-0.39, 0.29) is 5.56 Å². The van der Waals surface area contributed by atoms with Crippen molar-refractivity contribution in [3.05, 3.63) is 35.1 Å². The molecule has 0 saturated carbocycles. The third-order valence-corrected chi connectivity index (χ3v) is 1.91. The molecule has 0 aromatic heterocycles. The maximum atomic E-state index is 12.7. The van der Waals surface area contributed by atoms with Crippen molar-refractivity contribution in [2.75, 3.05) is 0 Å². The van der Waals surface area contributed by atoms with Crippen LogP contribution in [0.25, 0.3) is 0 Å². The maximum absolute atomic E-state index is 12.7. The average Bonchev–Trinajstić information content (AvgIpc) is 2.12. The van der Waals surface area contributed by atoms with Gasteiger partial charge in [0.15, 0.2) is 17.5 Å². The smallest absolute Gasteiger partial charge is 0.194 e. The van der Waals surface area contributed by atoms with Gasteiger partial charge in [0.1, 0.15) is 0 Å². The predicted octanol–water partition coefficient (Wildman–Crippen LogP) is 1.48. The van der Waals surface area contributed by atoms with Crippen LogP contribution in [0.3, 0.4) is 0 Å². The summed E-state index contributed by atoms with van der Waals surface area (Å²) < 4.78 is 37.9. The van der Waals surface area contributed by atoms with E-state index >= 15 is 0 Å². The van der Waals surface area contributed by atoms with E-state index < -0.39 is 29.6 Å². The summed E-state index contributed by atoms with van der Waals surface area (Å²) in [7, 11) is 0. The largest absolute Gasteiger partial charge is 0.391 e. The summed E-state index contributed by atoms with van der Waals surface area (Å²) in [4.78, 5) is 0. The molecule has 0 amide bonds. The second kappa shape index (κ2) is 3.98. The number of hydrogen-bond donors (Lipinski definition) is 2. The highest BCUT2D eigenvalue weighted by molar-refractivity contribution is 5.23. The van der Waals surface area contributed by atoms with Crippen molar-refractivity contribution < 1.29 is 18.3 Å². The van der Waals surface area contributed by atoms with Crippen LogP contribution in [0, 0.1) is 17.5 Å². The molecule has 78 valence electrons. The molecule has 0 bridgehead atoms. The molecule has 0 aliphatic carbocycles. The summed E-state index contributed by atoms with van der Waals surface area (Å²) in [6, 6.07) is 0.616. The van der Waals surface area contributed by atoms with Gasteiger partial charge in [-0.1, -0.05) is 0 Å². The molecule has 1 aromatic carbocycles. The Hall–Kier alpha value is -1.07. The average molecular weight is 205 g/mol. The standard InChI is InChI=1S/C9H10F3NO/c1-4(14)9(13)5-2-6(10)8(12)7(11)3-5/h2-4,9,14H,13H2,1H3/t4?,9-/m1/s1. The Bertz CT molecular complexity index is 318. The van der Waals surface area contributed by atoms with E-state index in [0.29, 0.717) is 0 Å². The third-order valence-electron chi connectivity index (χ3n) is 1.91. The van der Waals surface area contributed by atoms with Crippen LogP contribution in [-0.4, -0.2) is 11.2 Å². The van der Waals surface area contributed by atoms with E-state index in [4.69, 9.17) is 10.8 Å². The van der Waals surface area contributed by atoms with E-state index in [1.165, 1.54) is 6.92 Å².